The van der Waals surface area contributed by atoms with E-state index in [4.69, 9.17) is 9.15 Å². The quantitative estimate of drug-likeness (QED) is 0.600. The van der Waals surface area contributed by atoms with Crippen molar-refractivity contribution in [3.05, 3.63) is 47.4 Å². The Kier molecular flexibility index (Phi) is 5.42. The topological polar surface area (TPSA) is 86.4 Å². The van der Waals surface area contributed by atoms with Gasteiger partial charge in [-0.2, -0.15) is 0 Å². The van der Waals surface area contributed by atoms with Crippen molar-refractivity contribution < 1.29 is 24.2 Å². The number of furan rings is 1. The summed E-state index contributed by atoms with van der Waals surface area (Å²) in [5.74, 6) is 1.23. The average molecular weight is 481 g/mol. The van der Waals surface area contributed by atoms with Crippen LogP contribution in [0.4, 0.5) is 0 Å². The van der Waals surface area contributed by atoms with Crippen LogP contribution < -0.4 is 4.74 Å². The first-order valence-corrected chi connectivity index (χ1v) is 13.1. The largest absolute Gasteiger partial charge is 0.504 e. The number of piperidine rings is 1. The Hall–Kier alpha value is -2.51. The molecule has 2 aromatic rings. The fraction of sp³-hybridized carbons (Fsp3) is 0.607. The lowest BCUT2D eigenvalue weighted by Gasteiger charge is -2.61. The maximum atomic E-state index is 13.4. The van der Waals surface area contributed by atoms with Crippen molar-refractivity contribution in [1.29, 1.82) is 0 Å². The van der Waals surface area contributed by atoms with Gasteiger partial charge in [0.1, 0.15) is 0 Å². The number of aromatic hydroxyl groups is 1. The molecule has 1 aromatic heterocycles. The van der Waals surface area contributed by atoms with Crippen molar-refractivity contribution in [2.45, 2.75) is 81.6 Å². The number of hydrogen-bond acceptors (Lipinski definition) is 6. The molecule has 3 heterocycles. The number of ether oxygens (including phenoxy) is 1. The van der Waals surface area contributed by atoms with Gasteiger partial charge in [-0.1, -0.05) is 19.4 Å². The number of carbonyl (C=O) groups excluding carboxylic acids is 1. The van der Waals surface area contributed by atoms with E-state index in [2.05, 4.69) is 11.8 Å². The fourth-order valence-electron chi connectivity index (χ4n) is 7.23. The summed E-state index contributed by atoms with van der Waals surface area (Å²) in [6.45, 7) is 4.00. The molecule has 1 spiro atoms. The minimum Gasteiger partial charge on any atom is -0.504 e. The van der Waals surface area contributed by atoms with Gasteiger partial charge >= 0.3 is 0 Å². The number of nitrogens with zero attached hydrogens (tertiary/aromatic N) is 2. The maximum absolute atomic E-state index is 13.4. The number of phenols is 1. The average Bonchev–Trinajstić information content (AvgIpc) is 3.36. The van der Waals surface area contributed by atoms with Gasteiger partial charge in [-0.15, -0.1) is 0 Å². The summed E-state index contributed by atoms with van der Waals surface area (Å²) in [5.41, 5.74) is 1.22. The van der Waals surface area contributed by atoms with Crippen LogP contribution in [0.25, 0.3) is 0 Å². The third-order valence-electron chi connectivity index (χ3n) is 9.07. The Morgan fingerprint density at radius 1 is 1.29 bits per heavy atom. The zero-order valence-electron chi connectivity index (χ0n) is 20.7. The van der Waals surface area contributed by atoms with Gasteiger partial charge in [0.25, 0.3) is 0 Å². The Morgan fingerprint density at radius 3 is 2.83 bits per heavy atom. The molecule has 7 nitrogen and oxygen atoms in total. The lowest BCUT2D eigenvalue weighted by molar-refractivity contribution is -0.193. The second kappa shape index (κ2) is 8.27. The lowest BCUT2D eigenvalue weighted by Crippen LogP contribution is -2.75. The van der Waals surface area contributed by atoms with Crippen LogP contribution in [0.2, 0.25) is 0 Å². The highest BCUT2D eigenvalue weighted by molar-refractivity contribution is 5.77. The summed E-state index contributed by atoms with van der Waals surface area (Å²) >= 11 is 0. The van der Waals surface area contributed by atoms with Crippen LogP contribution in [0.15, 0.2) is 35.1 Å². The first kappa shape index (κ1) is 22.9. The molecule has 0 radical (unpaired) electrons. The third-order valence-corrected chi connectivity index (χ3v) is 9.07. The number of likely N-dealkylation sites (N-methyl/N-ethyl adjacent to an activating group) is 1. The van der Waals surface area contributed by atoms with E-state index in [-0.39, 0.29) is 17.7 Å². The van der Waals surface area contributed by atoms with Crippen LogP contribution in [0.3, 0.4) is 0 Å². The second-order valence-corrected chi connectivity index (χ2v) is 11.1. The molecule has 1 saturated carbocycles. The fourth-order valence-corrected chi connectivity index (χ4v) is 7.23. The monoisotopic (exact) mass is 480 g/mol. The van der Waals surface area contributed by atoms with Gasteiger partial charge in [0.2, 0.25) is 5.91 Å². The van der Waals surface area contributed by atoms with Gasteiger partial charge in [0, 0.05) is 31.6 Å². The Labute approximate surface area is 206 Å². The molecule has 4 atom stereocenters. The molecule has 2 bridgehead atoms. The zero-order chi connectivity index (χ0) is 24.4. The highest BCUT2D eigenvalue weighted by atomic mass is 16.5. The first-order valence-electron chi connectivity index (χ1n) is 13.1. The molecule has 4 unspecified atom stereocenters. The molecule has 2 N–H and O–H groups in total. The smallest absolute Gasteiger partial charge is 0.225 e. The van der Waals surface area contributed by atoms with Crippen molar-refractivity contribution in [2.24, 2.45) is 5.92 Å². The van der Waals surface area contributed by atoms with E-state index < -0.39 is 17.2 Å². The molecule has 1 aromatic carbocycles. The summed E-state index contributed by atoms with van der Waals surface area (Å²) in [6.07, 6.45) is 8.97. The van der Waals surface area contributed by atoms with E-state index in [9.17, 15) is 15.0 Å². The Balaban J connectivity index is 1.41. The van der Waals surface area contributed by atoms with E-state index in [0.29, 0.717) is 31.4 Å². The lowest BCUT2D eigenvalue weighted by atomic mass is 9.52. The molecule has 2 aliphatic carbocycles. The molecule has 7 heteroatoms. The Morgan fingerprint density at radius 2 is 2.11 bits per heavy atom. The van der Waals surface area contributed by atoms with E-state index in [1.54, 1.807) is 30.5 Å². The van der Waals surface area contributed by atoms with Gasteiger partial charge in [0.15, 0.2) is 17.7 Å². The van der Waals surface area contributed by atoms with Crippen molar-refractivity contribution >= 4 is 5.91 Å². The number of benzene rings is 1. The molecule has 1 amide bonds. The number of rotatable bonds is 8. The van der Waals surface area contributed by atoms with Crippen molar-refractivity contribution in [2.75, 3.05) is 20.1 Å². The molecule has 1 saturated heterocycles. The van der Waals surface area contributed by atoms with E-state index >= 15 is 0 Å². The summed E-state index contributed by atoms with van der Waals surface area (Å²) in [7, 11) is 1.78. The number of likely N-dealkylation sites (tertiary alicyclic amines) is 1. The zero-order valence-corrected chi connectivity index (χ0v) is 20.7. The maximum Gasteiger partial charge on any atom is 0.225 e. The third kappa shape index (κ3) is 3.34. The summed E-state index contributed by atoms with van der Waals surface area (Å²) in [5, 5.41) is 23.5. The van der Waals surface area contributed by atoms with Crippen molar-refractivity contribution in [3.63, 3.8) is 0 Å². The van der Waals surface area contributed by atoms with Crippen LogP contribution >= 0.6 is 0 Å². The van der Waals surface area contributed by atoms with Gasteiger partial charge in [0.05, 0.1) is 23.5 Å². The highest BCUT2D eigenvalue weighted by Crippen LogP contribution is 2.63. The van der Waals surface area contributed by atoms with Crippen LogP contribution in [-0.4, -0.2) is 63.9 Å². The van der Waals surface area contributed by atoms with E-state index in [1.165, 1.54) is 12.8 Å². The van der Waals surface area contributed by atoms with Gasteiger partial charge in [-0.05, 0) is 74.2 Å². The number of fused-ring (bicyclic) bond motifs is 1. The van der Waals surface area contributed by atoms with E-state index in [1.807, 2.05) is 12.1 Å². The molecule has 188 valence electrons. The van der Waals surface area contributed by atoms with Crippen LogP contribution in [-0.2, 0) is 23.1 Å². The number of amides is 1. The highest BCUT2D eigenvalue weighted by Gasteiger charge is 2.71. The van der Waals surface area contributed by atoms with Gasteiger partial charge in [-0.3, -0.25) is 9.69 Å². The minimum atomic E-state index is -1.05. The predicted octanol–water partition coefficient (Wildman–Crippen LogP) is 3.60. The van der Waals surface area contributed by atoms with Crippen molar-refractivity contribution in [3.8, 4) is 11.5 Å². The van der Waals surface area contributed by atoms with Crippen LogP contribution in [0.5, 0.6) is 11.5 Å². The minimum absolute atomic E-state index is 0.0275. The molecular weight excluding hydrogens is 444 g/mol. The summed E-state index contributed by atoms with van der Waals surface area (Å²) in [4.78, 5) is 17.6. The predicted molar refractivity (Wildman–Crippen MR) is 130 cm³/mol. The number of hydrogen-bond donors (Lipinski definition) is 2. The standard InChI is InChI=1S/C28H36N2O5/c1-3-11-28(33)22-15-20-7-8-21(31)25-24(20)27(28,12-13-30(22)16-18-4-5-18)26(35-25)29(2)23(32)9-6-19-10-14-34-17-19/h7-8,10,14,17-18,22,26,31,33H,3-6,9,11-13,15-16H2,1-2H3. The molecule has 2 aliphatic heterocycles. The second-order valence-electron chi connectivity index (χ2n) is 11.1. The first-order chi connectivity index (χ1) is 16.9. The molecular formula is C28H36N2O5. The van der Waals surface area contributed by atoms with Gasteiger partial charge in [-0.25, -0.2) is 0 Å². The molecule has 35 heavy (non-hydrogen) atoms. The van der Waals surface area contributed by atoms with Crippen molar-refractivity contribution in [1.82, 2.24) is 9.80 Å². The van der Waals surface area contributed by atoms with Crippen LogP contribution in [0, 0.1) is 5.92 Å². The van der Waals surface area contributed by atoms with Gasteiger partial charge < -0.3 is 24.3 Å². The summed E-state index contributed by atoms with van der Waals surface area (Å²) in [6, 6.07) is 5.55. The van der Waals surface area contributed by atoms with E-state index in [0.717, 1.165) is 48.5 Å². The Bertz CT molecular complexity index is 1110. The normalized spacial score (nSPS) is 31.2. The molecule has 6 rings (SSSR count). The number of phenolic OH excluding ortho intramolecular Hbond substituents is 1. The molecule has 2 fully saturated rings. The SMILES string of the molecule is CCCC1(O)C2Cc3ccc(O)c4c3C1(CCN2CC1CC1)C(N(C)C(=O)CCc1ccoc1)O4. The number of aliphatic hydroxyl groups is 1. The number of aryl methyl sites for hydroxylation is 1. The number of carbonyl (C=O) groups is 1. The van der Waals surface area contributed by atoms with Crippen LogP contribution in [0.1, 0.15) is 62.1 Å². The summed E-state index contributed by atoms with van der Waals surface area (Å²) < 4.78 is 11.6. The molecule has 4 aliphatic rings.